The Bertz CT molecular complexity index is 517. The van der Waals surface area contributed by atoms with Crippen molar-refractivity contribution >= 4 is 11.9 Å². The Morgan fingerprint density at radius 3 is 2.48 bits per heavy atom. The summed E-state index contributed by atoms with van der Waals surface area (Å²) in [5.41, 5.74) is 2.56. The van der Waals surface area contributed by atoms with E-state index in [1.54, 1.807) is 0 Å². The van der Waals surface area contributed by atoms with Gasteiger partial charge in [0, 0.05) is 39.1 Å². The fourth-order valence-corrected chi connectivity index (χ4v) is 2.68. The van der Waals surface area contributed by atoms with Crippen LogP contribution in [0.15, 0.2) is 29.3 Å². The van der Waals surface area contributed by atoms with Crippen LogP contribution < -0.4 is 10.6 Å². The molecule has 0 atom stereocenters. The average molecular weight is 316 g/mol. The van der Waals surface area contributed by atoms with E-state index < -0.39 is 0 Å². The second-order valence-corrected chi connectivity index (χ2v) is 5.81. The molecule has 1 heterocycles. The van der Waals surface area contributed by atoms with Crippen molar-refractivity contribution in [3.63, 3.8) is 0 Å². The number of benzene rings is 1. The summed E-state index contributed by atoms with van der Waals surface area (Å²) in [5.74, 6) is 1.08. The minimum Gasteiger partial charge on any atom is -0.357 e. The lowest BCUT2D eigenvalue weighted by molar-refractivity contribution is -0.131. The molecule has 23 heavy (non-hydrogen) atoms. The van der Waals surface area contributed by atoms with Crippen molar-refractivity contribution in [2.75, 3.05) is 19.6 Å². The van der Waals surface area contributed by atoms with Crippen molar-refractivity contribution in [2.45, 2.75) is 46.2 Å². The molecule has 2 rings (SSSR count). The van der Waals surface area contributed by atoms with E-state index in [9.17, 15) is 4.79 Å². The van der Waals surface area contributed by atoms with Gasteiger partial charge in [0.2, 0.25) is 5.91 Å². The summed E-state index contributed by atoms with van der Waals surface area (Å²) in [6.45, 7) is 8.10. The topological polar surface area (TPSA) is 56.7 Å². The van der Waals surface area contributed by atoms with Gasteiger partial charge in [-0.3, -0.25) is 9.79 Å². The quantitative estimate of drug-likeness (QED) is 0.461. The van der Waals surface area contributed by atoms with Crippen LogP contribution in [-0.4, -0.2) is 36.4 Å². The fraction of sp³-hybridized carbons (Fsp3) is 0.556. The fourth-order valence-electron chi connectivity index (χ4n) is 2.68. The summed E-state index contributed by atoms with van der Waals surface area (Å²) in [4.78, 5) is 18.7. The third-order valence-electron chi connectivity index (χ3n) is 3.89. The number of fused-ring (bicyclic) bond motifs is 1. The Labute approximate surface area is 139 Å². The van der Waals surface area contributed by atoms with Gasteiger partial charge in [-0.2, -0.15) is 0 Å². The zero-order valence-electron chi connectivity index (χ0n) is 14.3. The van der Waals surface area contributed by atoms with E-state index >= 15 is 0 Å². The summed E-state index contributed by atoms with van der Waals surface area (Å²) in [7, 11) is 0. The van der Waals surface area contributed by atoms with Crippen molar-refractivity contribution in [1.82, 2.24) is 15.5 Å². The Hall–Kier alpha value is -2.04. The average Bonchev–Trinajstić information content (AvgIpc) is 3.00. The Morgan fingerprint density at radius 2 is 1.87 bits per heavy atom. The van der Waals surface area contributed by atoms with E-state index in [1.165, 1.54) is 11.1 Å². The number of hydrogen-bond acceptors (Lipinski definition) is 2. The minimum absolute atomic E-state index is 0.235. The number of carbonyl (C=O) groups excluding carboxylic acids is 1. The van der Waals surface area contributed by atoms with Crippen LogP contribution in [-0.2, 0) is 17.9 Å². The lowest BCUT2D eigenvalue weighted by atomic mass is 10.1. The van der Waals surface area contributed by atoms with Crippen LogP contribution in [0.5, 0.6) is 0 Å². The van der Waals surface area contributed by atoms with Gasteiger partial charge in [0.1, 0.15) is 0 Å². The van der Waals surface area contributed by atoms with Crippen LogP contribution in [0.25, 0.3) is 0 Å². The highest BCUT2D eigenvalue weighted by molar-refractivity contribution is 5.80. The third-order valence-corrected chi connectivity index (χ3v) is 3.89. The molecular formula is C18H28N4O. The predicted octanol–water partition coefficient (Wildman–Crippen LogP) is 2.27. The van der Waals surface area contributed by atoms with E-state index in [0.717, 1.165) is 51.5 Å². The lowest BCUT2D eigenvalue weighted by Gasteiger charge is -2.16. The highest BCUT2D eigenvalue weighted by atomic mass is 16.2. The van der Waals surface area contributed by atoms with Gasteiger partial charge in [-0.25, -0.2) is 0 Å². The molecule has 1 aliphatic rings. The molecule has 1 aliphatic heterocycles. The molecule has 0 aromatic heterocycles. The summed E-state index contributed by atoms with van der Waals surface area (Å²) < 4.78 is 0. The number of amides is 1. The number of hydrogen-bond donors (Lipinski definition) is 2. The number of carbonyl (C=O) groups is 1. The smallest absolute Gasteiger partial charge is 0.223 e. The summed E-state index contributed by atoms with van der Waals surface area (Å²) in [5, 5.41) is 6.50. The SMILES string of the molecule is CCCN=C(NCC)NCCCC(=O)N1Cc2ccccc2C1. The summed E-state index contributed by atoms with van der Waals surface area (Å²) >= 11 is 0. The van der Waals surface area contributed by atoms with Gasteiger partial charge in [0.15, 0.2) is 5.96 Å². The van der Waals surface area contributed by atoms with Crippen molar-refractivity contribution in [3.05, 3.63) is 35.4 Å². The van der Waals surface area contributed by atoms with Crippen LogP contribution >= 0.6 is 0 Å². The molecule has 1 amide bonds. The monoisotopic (exact) mass is 316 g/mol. The van der Waals surface area contributed by atoms with Crippen LogP contribution in [0.1, 0.15) is 44.2 Å². The van der Waals surface area contributed by atoms with Crippen molar-refractivity contribution in [2.24, 2.45) is 4.99 Å². The Kier molecular flexibility index (Phi) is 6.91. The second-order valence-electron chi connectivity index (χ2n) is 5.81. The lowest BCUT2D eigenvalue weighted by Crippen LogP contribution is -2.38. The van der Waals surface area contributed by atoms with Crippen molar-refractivity contribution in [3.8, 4) is 0 Å². The van der Waals surface area contributed by atoms with Gasteiger partial charge in [-0.05, 0) is 30.9 Å². The minimum atomic E-state index is 0.235. The molecule has 5 heteroatoms. The Morgan fingerprint density at radius 1 is 1.17 bits per heavy atom. The highest BCUT2D eigenvalue weighted by Crippen LogP contribution is 2.22. The predicted molar refractivity (Wildman–Crippen MR) is 94.2 cm³/mol. The number of guanidine groups is 1. The molecule has 1 aromatic carbocycles. The molecule has 2 N–H and O–H groups in total. The van der Waals surface area contributed by atoms with Crippen molar-refractivity contribution in [1.29, 1.82) is 0 Å². The van der Waals surface area contributed by atoms with Gasteiger partial charge in [0.05, 0.1) is 0 Å². The van der Waals surface area contributed by atoms with Gasteiger partial charge >= 0.3 is 0 Å². The van der Waals surface area contributed by atoms with E-state index in [2.05, 4.69) is 41.6 Å². The number of aliphatic imine (C=N–C) groups is 1. The van der Waals surface area contributed by atoms with E-state index in [-0.39, 0.29) is 5.91 Å². The van der Waals surface area contributed by atoms with Gasteiger partial charge in [0.25, 0.3) is 0 Å². The standard InChI is InChI=1S/C18H28N4O/c1-3-11-20-18(19-4-2)21-12-7-10-17(23)22-13-15-8-5-6-9-16(15)14-22/h5-6,8-9H,3-4,7,10-14H2,1-2H3,(H2,19,20,21). The van der Waals surface area contributed by atoms with Crippen LogP contribution in [0.3, 0.4) is 0 Å². The molecule has 0 saturated heterocycles. The first-order valence-corrected chi connectivity index (χ1v) is 8.61. The normalized spacial score (nSPS) is 13.8. The van der Waals surface area contributed by atoms with Crippen LogP contribution in [0.4, 0.5) is 0 Å². The van der Waals surface area contributed by atoms with Crippen LogP contribution in [0.2, 0.25) is 0 Å². The van der Waals surface area contributed by atoms with Crippen molar-refractivity contribution < 1.29 is 4.79 Å². The van der Waals surface area contributed by atoms with E-state index in [1.807, 2.05) is 17.0 Å². The van der Waals surface area contributed by atoms with E-state index in [0.29, 0.717) is 6.42 Å². The first kappa shape index (κ1) is 17.3. The zero-order chi connectivity index (χ0) is 16.5. The molecule has 0 radical (unpaired) electrons. The number of nitrogens with zero attached hydrogens (tertiary/aromatic N) is 2. The first-order valence-electron chi connectivity index (χ1n) is 8.61. The summed E-state index contributed by atoms with van der Waals surface area (Å²) in [6.07, 6.45) is 2.43. The van der Waals surface area contributed by atoms with Gasteiger partial charge in [-0.15, -0.1) is 0 Å². The molecule has 0 bridgehead atoms. The van der Waals surface area contributed by atoms with E-state index in [4.69, 9.17) is 0 Å². The largest absolute Gasteiger partial charge is 0.357 e. The second kappa shape index (κ2) is 9.18. The number of rotatable bonds is 7. The maximum atomic E-state index is 12.3. The molecule has 126 valence electrons. The molecule has 0 spiro atoms. The van der Waals surface area contributed by atoms with Gasteiger partial charge < -0.3 is 15.5 Å². The van der Waals surface area contributed by atoms with Gasteiger partial charge in [-0.1, -0.05) is 31.2 Å². The molecule has 5 nitrogen and oxygen atoms in total. The summed E-state index contributed by atoms with van der Waals surface area (Å²) in [6, 6.07) is 8.29. The molecular weight excluding hydrogens is 288 g/mol. The molecule has 0 unspecified atom stereocenters. The first-order chi connectivity index (χ1) is 11.2. The maximum absolute atomic E-state index is 12.3. The molecule has 0 saturated carbocycles. The number of nitrogens with one attached hydrogen (secondary N) is 2. The third kappa shape index (κ3) is 5.27. The molecule has 1 aromatic rings. The molecule has 0 aliphatic carbocycles. The zero-order valence-corrected chi connectivity index (χ0v) is 14.3. The maximum Gasteiger partial charge on any atom is 0.223 e. The highest BCUT2D eigenvalue weighted by Gasteiger charge is 2.22. The van der Waals surface area contributed by atoms with Crippen LogP contribution in [0, 0.1) is 0 Å². The molecule has 0 fully saturated rings. The Balaban J connectivity index is 1.69.